The highest BCUT2D eigenvalue weighted by atomic mass is 16.7. The molecule has 5 rings (SSSR count). The van der Waals surface area contributed by atoms with Crippen LogP contribution in [0.15, 0.2) is 28.8 Å². The van der Waals surface area contributed by atoms with Gasteiger partial charge >= 0.3 is 0 Å². The normalized spacial score (nSPS) is 22.9. The zero-order valence-corrected chi connectivity index (χ0v) is 19.3. The van der Waals surface area contributed by atoms with Crippen LogP contribution < -0.4 is 20.1 Å². The lowest BCUT2D eigenvalue weighted by molar-refractivity contribution is -0.122. The van der Waals surface area contributed by atoms with Crippen LogP contribution in [-0.2, 0) is 24.2 Å². The first-order valence-electron chi connectivity index (χ1n) is 12.5. The number of aromatic nitrogens is 1. The Hall–Kier alpha value is -2.54. The van der Waals surface area contributed by atoms with Crippen molar-refractivity contribution in [3.63, 3.8) is 0 Å². The van der Waals surface area contributed by atoms with Gasteiger partial charge in [-0.2, -0.15) is 0 Å². The zero-order valence-electron chi connectivity index (χ0n) is 19.3. The van der Waals surface area contributed by atoms with Gasteiger partial charge in [-0.1, -0.05) is 43.3 Å². The maximum atomic E-state index is 12.7. The van der Waals surface area contributed by atoms with Crippen LogP contribution in [-0.4, -0.2) is 30.9 Å². The number of hydrogen-bond acceptors (Lipinski definition) is 6. The van der Waals surface area contributed by atoms with Crippen LogP contribution in [0.2, 0.25) is 0 Å². The number of rotatable bonds is 8. The van der Waals surface area contributed by atoms with E-state index in [0.717, 1.165) is 66.8 Å². The Kier molecular flexibility index (Phi) is 7.15. The molecule has 1 saturated heterocycles. The molecule has 0 bridgehead atoms. The van der Waals surface area contributed by atoms with Gasteiger partial charge in [-0.25, -0.2) is 0 Å². The monoisotopic (exact) mass is 453 g/mol. The Labute approximate surface area is 195 Å². The number of amides is 1. The van der Waals surface area contributed by atoms with Gasteiger partial charge in [0.15, 0.2) is 11.5 Å². The van der Waals surface area contributed by atoms with Crippen molar-refractivity contribution < 1.29 is 18.8 Å². The third-order valence-electron chi connectivity index (χ3n) is 7.43. The Morgan fingerprint density at radius 1 is 1.03 bits per heavy atom. The molecule has 1 aromatic heterocycles. The zero-order chi connectivity index (χ0) is 22.5. The number of nitrogens with one attached hydrogen (secondary N) is 2. The summed E-state index contributed by atoms with van der Waals surface area (Å²) in [6, 6.07) is 7.95. The molecule has 3 aliphatic rings. The Morgan fingerprint density at radius 3 is 2.82 bits per heavy atom. The predicted octanol–water partition coefficient (Wildman–Crippen LogP) is 4.00. The third kappa shape index (κ3) is 5.88. The third-order valence-corrected chi connectivity index (χ3v) is 7.43. The number of nitrogens with zero attached hydrogens (tertiary/aromatic N) is 1. The fraction of sp³-hybridized carbons (Fsp3) is 0.615. The number of hydrogen-bond donors (Lipinski definition) is 2. The molecule has 33 heavy (non-hydrogen) atoms. The molecule has 1 aliphatic carbocycles. The molecule has 2 aromatic rings. The molecule has 2 atom stereocenters. The maximum Gasteiger partial charge on any atom is 0.231 e. The van der Waals surface area contributed by atoms with E-state index >= 15 is 0 Å². The summed E-state index contributed by atoms with van der Waals surface area (Å²) in [6.45, 7) is 2.64. The van der Waals surface area contributed by atoms with Gasteiger partial charge in [0.2, 0.25) is 12.7 Å². The number of benzene rings is 1. The van der Waals surface area contributed by atoms with Crippen LogP contribution in [0.25, 0.3) is 0 Å². The Bertz CT molecular complexity index is 937. The molecule has 2 N–H and O–H groups in total. The average molecular weight is 454 g/mol. The van der Waals surface area contributed by atoms with Gasteiger partial charge in [0, 0.05) is 25.5 Å². The van der Waals surface area contributed by atoms with Crippen LogP contribution in [0.1, 0.15) is 62.0 Å². The minimum Gasteiger partial charge on any atom is -0.454 e. The van der Waals surface area contributed by atoms with Gasteiger partial charge in [-0.3, -0.25) is 4.79 Å². The molecule has 0 radical (unpaired) electrons. The summed E-state index contributed by atoms with van der Waals surface area (Å²) in [6.07, 6.45) is 10.1. The van der Waals surface area contributed by atoms with Gasteiger partial charge in [0.25, 0.3) is 0 Å². The molecule has 1 amide bonds. The van der Waals surface area contributed by atoms with Crippen LogP contribution in [0.3, 0.4) is 0 Å². The van der Waals surface area contributed by atoms with Crippen molar-refractivity contribution >= 4 is 5.91 Å². The molecule has 1 saturated carbocycles. The smallest absolute Gasteiger partial charge is 0.231 e. The molecule has 2 aliphatic heterocycles. The van der Waals surface area contributed by atoms with E-state index in [9.17, 15) is 4.79 Å². The van der Waals surface area contributed by atoms with Gasteiger partial charge in [-0.15, -0.1) is 0 Å². The molecule has 7 nitrogen and oxygen atoms in total. The largest absolute Gasteiger partial charge is 0.454 e. The van der Waals surface area contributed by atoms with E-state index in [0.29, 0.717) is 24.8 Å². The summed E-state index contributed by atoms with van der Waals surface area (Å²) in [7, 11) is 0. The summed E-state index contributed by atoms with van der Waals surface area (Å²) < 4.78 is 16.5. The predicted molar refractivity (Wildman–Crippen MR) is 124 cm³/mol. The van der Waals surface area contributed by atoms with E-state index in [1.807, 2.05) is 18.2 Å². The topological polar surface area (TPSA) is 85.6 Å². The average Bonchev–Trinajstić information content (AvgIpc) is 3.48. The van der Waals surface area contributed by atoms with E-state index in [1.54, 1.807) is 0 Å². The Morgan fingerprint density at radius 2 is 1.91 bits per heavy atom. The molecule has 2 unspecified atom stereocenters. The maximum absolute atomic E-state index is 12.7. The van der Waals surface area contributed by atoms with Crippen molar-refractivity contribution in [1.82, 2.24) is 15.8 Å². The highest BCUT2D eigenvalue weighted by Crippen LogP contribution is 2.33. The summed E-state index contributed by atoms with van der Waals surface area (Å²) in [5.41, 5.74) is 2.04. The van der Waals surface area contributed by atoms with Gasteiger partial charge in [-0.05, 0) is 61.4 Å². The molecule has 7 heteroatoms. The van der Waals surface area contributed by atoms with E-state index in [2.05, 4.69) is 21.9 Å². The summed E-state index contributed by atoms with van der Waals surface area (Å²) in [5, 5.41) is 10.9. The van der Waals surface area contributed by atoms with Gasteiger partial charge in [0.1, 0.15) is 5.76 Å². The molecule has 2 fully saturated rings. The highest BCUT2D eigenvalue weighted by molar-refractivity contribution is 5.76. The van der Waals surface area contributed by atoms with Crippen LogP contribution >= 0.6 is 0 Å². The van der Waals surface area contributed by atoms with E-state index < -0.39 is 0 Å². The second kappa shape index (κ2) is 10.6. The van der Waals surface area contributed by atoms with Crippen molar-refractivity contribution in [2.24, 2.45) is 17.8 Å². The van der Waals surface area contributed by atoms with E-state index in [4.69, 9.17) is 14.0 Å². The summed E-state index contributed by atoms with van der Waals surface area (Å²) in [4.78, 5) is 12.7. The fourth-order valence-corrected chi connectivity index (χ4v) is 5.54. The van der Waals surface area contributed by atoms with Crippen LogP contribution in [0.5, 0.6) is 11.5 Å². The van der Waals surface area contributed by atoms with E-state index in [-0.39, 0.29) is 12.7 Å². The van der Waals surface area contributed by atoms with Crippen molar-refractivity contribution in [2.75, 3.05) is 19.9 Å². The first-order valence-corrected chi connectivity index (χ1v) is 12.5. The van der Waals surface area contributed by atoms with Gasteiger partial charge < -0.3 is 24.6 Å². The van der Waals surface area contributed by atoms with Crippen LogP contribution in [0.4, 0.5) is 0 Å². The minimum absolute atomic E-state index is 0.0997. The van der Waals surface area contributed by atoms with Crippen molar-refractivity contribution in [2.45, 2.75) is 64.3 Å². The quantitative estimate of drug-likeness (QED) is 0.628. The molecule has 3 heterocycles. The first-order chi connectivity index (χ1) is 16.2. The number of fused-ring (bicyclic) bond motifs is 1. The summed E-state index contributed by atoms with van der Waals surface area (Å²) >= 11 is 0. The molecule has 0 spiro atoms. The van der Waals surface area contributed by atoms with E-state index in [1.165, 1.54) is 32.1 Å². The van der Waals surface area contributed by atoms with Crippen molar-refractivity contribution in [1.29, 1.82) is 0 Å². The second-order valence-corrected chi connectivity index (χ2v) is 9.88. The lowest BCUT2D eigenvalue weighted by atomic mass is 9.81. The first kappa shape index (κ1) is 22.3. The Balaban J connectivity index is 1.11. The molecule has 1 aromatic carbocycles. The number of carbonyl (C=O) groups excluding carboxylic acids is 1. The number of ether oxygens (including phenoxy) is 2. The molecule has 178 valence electrons. The molecular weight excluding hydrogens is 418 g/mol. The van der Waals surface area contributed by atoms with Crippen LogP contribution in [0, 0.1) is 17.8 Å². The second-order valence-electron chi connectivity index (χ2n) is 9.88. The standard InChI is InChI=1S/C26H35N3O4/c30-26(28-15-19-6-7-24-25(11-19)32-17-31-24)13-20-8-9-27-16-21(20)12-22-14-23(33-29-22)10-18-4-2-1-3-5-18/h6-7,11,14,18,20-21,27H,1-5,8-10,12-13,15-17H2,(H,28,30). The molecular formula is C26H35N3O4. The fourth-order valence-electron chi connectivity index (χ4n) is 5.54. The summed E-state index contributed by atoms with van der Waals surface area (Å²) in [5.74, 6) is 4.12. The highest BCUT2D eigenvalue weighted by Gasteiger charge is 2.28. The number of piperidine rings is 1. The van der Waals surface area contributed by atoms with Gasteiger partial charge in [0.05, 0.1) is 5.69 Å². The minimum atomic E-state index is 0.0997. The van der Waals surface area contributed by atoms with Crippen molar-refractivity contribution in [3.8, 4) is 11.5 Å². The van der Waals surface area contributed by atoms with Crippen molar-refractivity contribution in [3.05, 3.63) is 41.3 Å². The lowest BCUT2D eigenvalue weighted by Crippen LogP contribution is -2.40. The lowest BCUT2D eigenvalue weighted by Gasteiger charge is -2.31. The SMILES string of the molecule is O=C(CC1CCNCC1Cc1cc(CC2CCCCC2)on1)NCc1ccc2c(c1)OCO2. The number of carbonyl (C=O) groups is 1.